The van der Waals surface area contributed by atoms with Gasteiger partial charge in [-0.2, -0.15) is 0 Å². The van der Waals surface area contributed by atoms with Gasteiger partial charge in [0.15, 0.2) is 0 Å². The minimum atomic E-state index is -0.544. The third-order valence-corrected chi connectivity index (χ3v) is 5.23. The average molecular weight is 408 g/mol. The van der Waals surface area contributed by atoms with Crippen molar-refractivity contribution in [2.75, 3.05) is 12.4 Å². The standard InChI is InChI=1S/C21H20N4O3S/c1-28-14-6-4-5-13(11-14)12-22-18(26)10-9-17-20(27)24-19-15-7-2-3-8-16(15)23-21(29)25(17)19/h2-8,11,17H,9-10,12H2,1H3,(H,22,26)(H,24,27). The van der Waals surface area contributed by atoms with E-state index in [0.29, 0.717) is 23.6 Å². The van der Waals surface area contributed by atoms with Gasteiger partial charge < -0.3 is 15.4 Å². The molecule has 1 unspecified atom stereocenters. The zero-order chi connectivity index (χ0) is 20.4. The average Bonchev–Trinajstić information content (AvgIpc) is 3.08. The number of anilines is 1. The number of para-hydroxylation sites is 1. The Morgan fingerprint density at radius 3 is 2.93 bits per heavy atom. The summed E-state index contributed by atoms with van der Waals surface area (Å²) in [5, 5.41) is 6.61. The molecule has 0 saturated carbocycles. The van der Waals surface area contributed by atoms with Crippen LogP contribution in [0, 0.1) is 4.77 Å². The van der Waals surface area contributed by atoms with Gasteiger partial charge in [0.2, 0.25) is 16.6 Å². The first-order chi connectivity index (χ1) is 14.1. The van der Waals surface area contributed by atoms with Gasteiger partial charge in [-0.1, -0.05) is 24.3 Å². The molecule has 0 bridgehead atoms. The number of nitrogens with zero attached hydrogens (tertiary/aromatic N) is 2. The molecule has 1 aliphatic rings. The molecule has 1 atom stereocenters. The van der Waals surface area contributed by atoms with Crippen LogP contribution in [-0.2, 0) is 16.1 Å². The summed E-state index contributed by atoms with van der Waals surface area (Å²) in [6.07, 6.45) is 0.549. The molecule has 2 N–H and O–H groups in total. The highest BCUT2D eigenvalue weighted by Crippen LogP contribution is 2.33. The number of hydrogen-bond acceptors (Lipinski definition) is 5. The Morgan fingerprint density at radius 2 is 2.10 bits per heavy atom. The highest BCUT2D eigenvalue weighted by atomic mass is 32.1. The van der Waals surface area contributed by atoms with Gasteiger partial charge in [-0.3, -0.25) is 14.2 Å². The molecule has 3 aromatic rings. The maximum Gasteiger partial charge on any atom is 0.248 e. The van der Waals surface area contributed by atoms with Crippen molar-refractivity contribution in [3.8, 4) is 5.75 Å². The van der Waals surface area contributed by atoms with Crippen molar-refractivity contribution in [1.29, 1.82) is 0 Å². The molecule has 1 aliphatic heterocycles. The third-order valence-electron chi connectivity index (χ3n) is 4.95. The molecule has 148 valence electrons. The SMILES string of the molecule is COc1cccc(CNC(=O)CCC2C(=O)Nc3c4ccccc4nc(=S)n32)c1. The van der Waals surface area contributed by atoms with Crippen molar-refractivity contribution >= 4 is 40.8 Å². The Morgan fingerprint density at radius 1 is 1.28 bits per heavy atom. The molecule has 7 nitrogen and oxygen atoms in total. The van der Waals surface area contributed by atoms with E-state index in [9.17, 15) is 9.59 Å². The molecular weight excluding hydrogens is 388 g/mol. The normalized spacial score (nSPS) is 15.1. The predicted molar refractivity (Wildman–Crippen MR) is 112 cm³/mol. The van der Waals surface area contributed by atoms with E-state index in [4.69, 9.17) is 17.0 Å². The molecule has 4 rings (SSSR count). The first kappa shape index (κ1) is 19.1. The minimum Gasteiger partial charge on any atom is -0.497 e. The number of amides is 2. The summed E-state index contributed by atoms with van der Waals surface area (Å²) >= 11 is 5.40. The summed E-state index contributed by atoms with van der Waals surface area (Å²) in [4.78, 5) is 29.3. The second-order valence-corrected chi connectivity index (χ2v) is 7.17. The molecule has 1 aromatic heterocycles. The highest BCUT2D eigenvalue weighted by molar-refractivity contribution is 7.71. The van der Waals surface area contributed by atoms with Crippen LogP contribution in [-0.4, -0.2) is 28.5 Å². The number of carbonyl (C=O) groups is 2. The molecule has 8 heteroatoms. The smallest absolute Gasteiger partial charge is 0.248 e. The number of benzene rings is 2. The maximum atomic E-state index is 12.5. The Bertz CT molecular complexity index is 1160. The van der Waals surface area contributed by atoms with E-state index in [-0.39, 0.29) is 18.2 Å². The van der Waals surface area contributed by atoms with Crippen molar-refractivity contribution < 1.29 is 14.3 Å². The Hall–Kier alpha value is -3.26. The molecule has 0 aliphatic carbocycles. The van der Waals surface area contributed by atoms with Crippen LogP contribution in [0.2, 0.25) is 0 Å². The first-order valence-electron chi connectivity index (χ1n) is 9.28. The van der Waals surface area contributed by atoms with Gasteiger partial charge in [0.05, 0.1) is 12.6 Å². The highest BCUT2D eigenvalue weighted by Gasteiger charge is 2.32. The molecule has 0 spiro atoms. The van der Waals surface area contributed by atoms with E-state index in [0.717, 1.165) is 22.2 Å². The van der Waals surface area contributed by atoms with Gasteiger partial charge in [0, 0.05) is 18.4 Å². The van der Waals surface area contributed by atoms with Crippen molar-refractivity contribution in [2.45, 2.75) is 25.4 Å². The van der Waals surface area contributed by atoms with Crippen molar-refractivity contribution in [2.24, 2.45) is 0 Å². The fourth-order valence-corrected chi connectivity index (χ4v) is 3.80. The lowest BCUT2D eigenvalue weighted by molar-refractivity contribution is -0.122. The number of carbonyl (C=O) groups excluding carboxylic acids is 2. The number of aromatic nitrogens is 2. The van der Waals surface area contributed by atoms with Crippen LogP contribution in [0.25, 0.3) is 10.9 Å². The summed E-state index contributed by atoms with van der Waals surface area (Å²) in [7, 11) is 1.60. The van der Waals surface area contributed by atoms with Gasteiger partial charge >= 0.3 is 0 Å². The van der Waals surface area contributed by atoms with Crippen LogP contribution >= 0.6 is 12.2 Å². The molecule has 29 heavy (non-hydrogen) atoms. The molecule has 2 amide bonds. The summed E-state index contributed by atoms with van der Waals surface area (Å²) in [6, 6.07) is 14.5. The molecule has 2 heterocycles. The Kier molecular flexibility index (Phi) is 5.26. The van der Waals surface area contributed by atoms with E-state index in [1.54, 1.807) is 11.7 Å². The third kappa shape index (κ3) is 3.84. The maximum absolute atomic E-state index is 12.5. The molecule has 0 radical (unpaired) electrons. The van der Waals surface area contributed by atoms with E-state index >= 15 is 0 Å². The van der Waals surface area contributed by atoms with Crippen LogP contribution in [0.1, 0.15) is 24.4 Å². The minimum absolute atomic E-state index is 0.130. The monoisotopic (exact) mass is 408 g/mol. The number of rotatable bonds is 6. The molecular formula is C21H20N4O3S. The first-order valence-corrected chi connectivity index (χ1v) is 9.69. The predicted octanol–water partition coefficient (Wildman–Crippen LogP) is 3.36. The lowest BCUT2D eigenvalue weighted by atomic mass is 10.1. The van der Waals surface area contributed by atoms with Gasteiger partial charge in [0.25, 0.3) is 0 Å². The van der Waals surface area contributed by atoms with Crippen molar-refractivity contribution in [1.82, 2.24) is 14.9 Å². The Balaban J connectivity index is 1.44. The lowest BCUT2D eigenvalue weighted by Gasteiger charge is -2.13. The summed E-state index contributed by atoms with van der Waals surface area (Å²) in [5.41, 5.74) is 1.68. The molecule has 0 fully saturated rings. The summed E-state index contributed by atoms with van der Waals surface area (Å²) in [6.45, 7) is 0.398. The fourth-order valence-electron chi connectivity index (χ4n) is 3.49. The van der Waals surface area contributed by atoms with E-state index < -0.39 is 6.04 Å². The van der Waals surface area contributed by atoms with Gasteiger partial charge in [0.1, 0.15) is 17.6 Å². The van der Waals surface area contributed by atoms with Crippen LogP contribution in [0.5, 0.6) is 5.75 Å². The van der Waals surface area contributed by atoms with Gasteiger partial charge in [-0.15, -0.1) is 0 Å². The number of ether oxygens (including phenoxy) is 1. The largest absolute Gasteiger partial charge is 0.497 e. The van der Waals surface area contributed by atoms with Gasteiger partial charge in [-0.05, 0) is 48.5 Å². The van der Waals surface area contributed by atoms with E-state index in [2.05, 4.69) is 15.6 Å². The number of hydrogen-bond donors (Lipinski definition) is 2. The topological polar surface area (TPSA) is 85.2 Å². The van der Waals surface area contributed by atoms with E-state index in [1.165, 1.54) is 0 Å². The van der Waals surface area contributed by atoms with Crippen LogP contribution in [0.3, 0.4) is 0 Å². The van der Waals surface area contributed by atoms with Crippen molar-refractivity contribution in [3.63, 3.8) is 0 Å². The quantitative estimate of drug-likeness (QED) is 0.611. The zero-order valence-electron chi connectivity index (χ0n) is 15.8. The fraction of sp³-hybridized carbons (Fsp3) is 0.238. The number of nitrogens with one attached hydrogen (secondary N) is 2. The summed E-state index contributed by atoms with van der Waals surface area (Å²) in [5.74, 6) is 1.08. The number of methoxy groups -OCH3 is 1. The van der Waals surface area contributed by atoms with E-state index in [1.807, 2.05) is 48.5 Å². The van der Waals surface area contributed by atoms with Crippen LogP contribution < -0.4 is 15.4 Å². The molecule has 0 saturated heterocycles. The van der Waals surface area contributed by atoms with Crippen LogP contribution in [0.4, 0.5) is 5.82 Å². The zero-order valence-corrected chi connectivity index (χ0v) is 16.7. The lowest BCUT2D eigenvalue weighted by Crippen LogP contribution is -2.25. The van der Waals surface area contributed by atoms with Crippen molar-refractivity contribution in [3.05, 3.63) is 58.9 Å². The molecule has 2 aromatic carbocycles. The summed E-state index contributed by atoms with van der Waals surface area (Å²) < 4.78 is 7.24. The number of fused-ring (bicyclic) bond motifs is 3. The second-order valence-electron chi connectivity index (χ2n) is 6.80. The Labute approximate surface area is 172 Å². The van der Waals surface area contributed by atoms with Gasteiger partial charge in [-0.25, -0.2) is 4.98 Å². The van der Waals surface area contributed by atoms with Crippen LogP contribution in [0.15, 0.2) is 48.5 Å². The second kappa shape index (κ2) is 8.00.